The highest BCUT2D eigenvalue weighted by molar-refractivity contribution is 9.10. The molecule has 0 aliphatic carbocycles. The normalized spacial score (nSPS) is 16.8. The minimum Gasteiger partial charge on any atom is -0.493 e. The van der Waals surface area contributed by atoms with Crippen LogP contribution in [0.25, 0.3) is 17.0 Å². The molecule has 6 rings (SSSR count). The fourth-order valence-corrected chi connectivity index (χ4v) is 7.46. The number of carbonyl (C=O) groups excluding carboxylic acids is 2. The molecule has 0 bridgehead atoms. The maximum atomic E-state index is 14.3. The lowest BCUT2D eigenvalue weighted by Gasteiger charge is -2.27. The van der Waals surface area contributed by atoms with Crippen molar-refractivity contribution >= 4 is 56.1 Å². The number of morpholine rings is 1. The molecule has 0 radical (unpaired) electrons. The van der Waals surface area contributed by atoms with E-state index in [2.05, 4.69) is 15.9 Å². The summed E-state index contributed by atoms with van der Waals surface area (Å²) < 4.78 is 26.4. The largest absolute Gasteiger partial charge is 0.493 e. The number of hydrogen-bond acceptors (Lipinski definition) is 9. The Hall–Kier alpha value is -4.20. The van der Waals surface area contributed by atoms with Crippen LogP contribution in [0.2, 0.25) is 0 Å². The molecule has 46 heavy (non-hydrogen) atoms. The third-order valence-corrected chi connectivity index (χ3v) is 9.76. The first-order chi connectivity index (χ1) is 22.2. The van der Waals surface area contributed by atoms with Gasteiger partial charge in [-0.05, 0) is 43.7 Å². The molecule has 2 aliphatic heterocycles. The van der Waals surface area contributed by atoms with Gasteiger partial charge in [-0.1, -0.05) is 45.5 Å². The number of thiazole rings is 1. The lowest BCUT2D eigenvalue weighted by atomic mass is 9.95. The number of rotatable bonds is 8. The minimum atomic E-state index is -0.848. The molecular formula is C33H33BrN4O7S. The molecule has 4 heterocycles. The summed E-state index contributed by atoms with van der Waals surface area (Å²) >= 11 is 4.87. The summed E-state index contributed by atoms with van der Waals surface area (Å²) in [4.78, 5) is 47.8. The van der Waals surface area contributed by atoms with Crippen LogP contribution in [0.3, 0.4) is 0 Å². The van der Waals surface area contributed by atoms with E-state index in [-0.39, 0.29) is 30.2 Å². The van der Waals surface area contributed by atoms with Crippen LogP contribution >= 0.6 is 27.3 Å². The van der Waals surface area contributed by atoms with Crippen molar-refractivity contribution in [2.75, 3.05) is 47.1 Å². The Morgan fingerprint density at radius 2 is 1.85 bits per heavy atom. The molecule has 0 unspecified atom stereocenters. The molecule has 1 fully saturated rings. The smallest absolute Gasteiger partial charge is 0.338 e. The van der Waals surface area contributed by atoms with E-state index in [4.69, 9.17) is 23.9 Å². The van der Waals surface area contributed by atoms with Gasteiger partial charge in [-0.25, -0.2) is 9.79 Å². The highest BCUT2D eigenvalue weighted by atomic mass is 79.9. The maximum absolute atomic E-state index is 14.3. The van der Waals surface area contributed by atoms with Crippen LogP contribution in [-0.4, -0.2) is 73.0 Å². The molecule has 0 N–H and O–H groups in total. The van der Waals surface area contributed by atoms with Crippen molar-refractivity contribution in [1.29, 1.82) is 0 Å². The lowest BCUT2D eigenvalue weighted by molar-refractivity contribution is -0.139. The van der Waals surface area contributed by atoms with Gasteiger partial charge in [-0.2, -0.15) is 0 Å². The number of aromatic nitrogens is 2. The van der Waals surface area contributed by atoms with Crippen LogP contribution in [-0.2, 0) is 25.6 Å². The number of amides is 1. The van der Waals surface area contributed by atoms with Crippen molar-refractivity contribution in [2.45, 2.75) is 26.4 Å². The summed E-state index contributed by atoms with van der Waals surface area (Å²) in [6.07, 6.45) is 3.73. The molecule has 1 saturated heterocycles. The number of carbonyl (C=O) groups is 2. The number of methoxy groups -OCH3 is 2. The van der Waals surface area contributed by atoms with E-state index in [0.29, 0.717) is 62.9 Å². The maximum Gasteiger partial charge on any atom is 0.338 e. The van der Waals surface area contributed by atoms with E-state index in [1.54, 1.807) is 26.0 Å². The average Bonchev–Trinajstić information content (AvgIpc) is 3.56. The molecule has 2 aliphatic rings. The first-order valence-electron chi connectivity index (χ1n) is 14.8. The average molecular weight is 710 g/mol. The van der Waals surface area contributed by atoms with Gasteiger partial charge < -0.3 is 28.4 Å². The van der Waals surface area contributed by atoms with E-state index >= 15 is 0 Å². The standard InChI is InChI=1S/C33H33BrN4O7S/c1-5-45-32(41)29-19(2)35-33-38(30(29)22-15-25(42-3)26(43-4)16-23(22)34)31(40)27(46-33)14-20-17-37(24-9-7-6-8-21(20)24)18-28(39)36-10-12-44-13-11-36/h6-9,14-17,30H,5,10-13,18H2,1-4H3/b27-14+/t30-/m0/s1. The second-order valence-corrected chi connectivity index (χ2v) is 12.6. The van der Waals surface area contributed by atoms with Gasteiger partial charge in [-0.15, -0.1) is 0 Å². The molecule has 13 heteroatoms. The van der Waals surface area contributed by atoms with Crippen LogP contribution in [0, 0.1) is 0 Å². The first kappa shape index (κ1) is 31.8. The zero-order valence-electron chi connectivity index (χ0n) is 25.9. The zero-order chi connectivity index (χ0) is 32.5. The highest BCUT2D eigenvalue weighted by Crippen LogP contribution is 2.40. The van der Waals surface area contributed by atoms with Gasteiger partial charge in [0.1, 0.15) is 6.54 Å². The van der Waals surface area contributed by atoms with E-state index in [1.165, 1.54) is 30.1 Å². The van der Waals surface area contributed by atoms with E-state index in [1.807, 2.05) is 46.0 Å². The summed E-state index contributed by atoms with van der Waals surface area (Å²) in [5.41, 5.74) is 2.69. The van der Waals surface area contributed by atoms with Crippen LogP contribution < -0.4 is 24.4 Å². The lowest BCUT2D eigenvalue weighted by Crippen LogP contribution is -2.42. The third kappa shape index (κ3) is 5.78. The van der Waals surface area contributed by atoms with E-state index in [0.717, 1.165) is 16.5 Å². The summed E-state index contributed by atoms with van der Waals surface area (Å²) in [6, 6.07) is 10.4. The fraction of sp³-hybridized carbons (Fsp3) is 0.333. The van der Waals surface area contributed by atoms with Gasteiger partial charge in [0.25, 0.3) is 5.56 Å². The van der Waals surface area contributed by atoms with Gasteiger partial charge in [0.15, 0.2) is 16.3 Å². The molecule has 2 aromatic heterocycles. The Bertz CT molecular complexity index is 2060. The van der Waals surface area contributed by atoms with Crippen LogP contribution in [0.5, 0.6) is 11.5 Å². The fourth-order valence-electron chi connectivity index (χ4n) is 5.89. The summed E-state index contributed by atoms with van der Waals surface area (Å²) in [7, 11) is 3.07. The number of benzene rings is 2. The van der Waals surface area contributed by atoms with E-state index in [9.17, 15) is 14.4 Å². The van der Waals surface area contributed by atoms with Crippen molar-refractivity contribution in [1.82, 2.24) is 14.0 Å². The van der Waals surface area contributed by atoms with Crippen LogP contribution in [0.15, 0.2) is 68.1 Å². The van der Waals surface area contributed by atoms with Crippen molar-refractivity contribution in [3.63, 3.8) is 0 Å². The van der Waals surface area contributed by atoms with Gasteiger partial charge in [0.2, 0.25) is 5.91 Å². The van der Waals surface area contributed by atoms with Gasteiger partial charge >= 0.3 is 5.97 Å². The molecule has 4 aromatic rings. The Balaban J connectivity index is 1.50. The zero-order valence-corrected chi connectivity index (χ0v) is 28.3. The van der Waals surface area contributed by atoms with Crippen molar-refractivity contribution in [3.05, 3.63) is 89.2 Å². The number of fused-ring (bicyclic) bond motifs is 2. The Kier molecular flexibility index (Phi) is 9.16. The number of halogens is 1. The molecule has 11 nitrogen and oxygen atoms in total. The van der Waals surface area contributed by atoms with Gasteiger partial charge in [-0.3, -0.25) is 14.2 Å². The van der Waals surface area contributed by atoms with Gasteiger partial charge in [0.05, 0.1) is 55.9 Å². The Labute approximate surface area is 277 Å². The predicted octanol–water partition coefficient (Wildman–Crippen LogP) is 3.39. The second-order valence-electron chi connectivity index (χ2n) is 10.8. The Morgan fingerprint density at radius 3 is 2.57 bits per heavy atom. The number of nitrogens with zero attached hydrogens (tertiary/aromatic N) is 4. The Morgan fingerprint density at radius 1 is 1.13 bits per heavy atom. The molecule has 2 aromatic carbocycles. The first-order valence-corrected chi connectivity index (χ1v) is 16.4. The topological polar surface area (TPSA) is 114 Å². The second kappa shape index (κ2) is 13.3. The quantitative estimate of drug-likeness (QED) is 0.258. The van der Waals surface area contributed by atoms with Crippen LogP contribution in [0.4, 0.5) is 0 Å². The highest BCUT2D eigenvalue weighted by Gasteiger charge is 2.35. The molecule has 1 atom stereocenters. The molecule has 0 spiro atoms. The van der Waals surface area contributed by atoms with Crippen molar-refractivity contribution < 1.29 is 28.5 Å². The number of ether oxygens (including phenoxy) is 4. The summed E-state index contributed by atoms with van der Waals surface area (Å²) in [5, 5.41) is 0.908. The predicted molar refractivity (Wildman–Crippen MR) is 177 cm³/mol. The SMILES string of the molecule is CCOC(=O)C1=C(C)N=c2s/c(=C/c3cn(CC(=O)N4CCOCC4)c4ccccc34)c(=O)n2[C@H]1c1cc(OC)c(OC)cc1Br. The van der Waals surface area contributed by atoms with Crippen molar-refractivity contribution in [2.24, 2.45) is 4.99 Å². The summed E-state index contributed by atoms with van der Waals surface area (Å²) in [6.45, 7) is 6.00. The summed E-state index contributed by atoms with van der Waals surface area (Å²) in [5.74, 6) is 0.391. The number of hydrogen-bond donors (Lipinski definition) is 0. The molecular weight excluding hydrogens is 676 g/mol. The van der Waals surface area contributed by atoms with Gasteiger partial charge in [0, 0.05) is 40.2 Å². The number of allylic oxidation sites excluding steroid dienone is 1. The number of para-hydroxylation sites is 1. The van der Waals surface area contributed by atoms with E-state index < -0.39 is 12.0 Å². The number of esters is 1. The molecule has 1 amide bonds. The monoisotopic (exact) mass is 708 g/mol. The molecule has 240 valence electrons. The van der Waals surface area contributed by atoms with Crippen molar-refractivity contribution in [3.8, 4) is 11.5 Å². The minimum absolute atomic E-state index is 0.0115. The molecule has 0 saturated carbocycles. The third-order valence-electron chi connectivity index (χ3n) is 8.09. The van der Waals surface area contributed by atoms with Crippen LogP contribution in [0.1, 0.15) is 31.0 Å².